The zero-order chi connectivity index (χ0) is 37.4. The van der Waals surface area contributed by atoms with Gasteiger partial charge in [-0.1, -0.05) is 121 Å². The molecule has 0 aliphatic carbocycles. The van der Waals surface area contributed by atoms with E-state index in [1.165, 1.54) is 131 Å². The first-order valence-electron chi connectivity index (χ1n) is 20.1. The van der Waals surface area contributed by atoms with Crippen LogP contribution in [0.15, 0.2) is 182 Å². The molecule has 0 bridgehead atoms. The summed E-state index contributed by atoms with van der Waals surface area (Å²) in [4.78, 5) is 0. The first-order valence-corrected chi connectivity index (χ1v) is 20.1. The molecule has 15 rings (SSSR count). The number of para-hydroxylation sites is 6. The van der Waals surface area contributed by atoms with E-state index >= 15 is 0 Å². The molecule has 15 aromatic rings. The van der Waals surface area contributed by atoms with Gasteiger partial charge < -0.3 is 17.9 Å². The topological polar surface area (TPSA) is 18.7 Å². The zero-order valence-corrected chi connectivity index (χ0v) is 31.1. The van der Waals surface area contributed by atoms with Crippen LogP contribution in [0.5, 0.6) is 0 Å². The van der Waals surface area contributed by atoms with Crippen molar-refractivity contribution in [3.05, 3.63) is 182 Å². The second-order valence-corrected chi connectivity index (χ2v) is 16.0. The third-order valence-corrected chi connectivity index (χ3v) is 13.4. The van der Waals surface area contributed by atoms with Gasteiger partial charge in [0.25, 0.3) is 0 Å². The second kappa shape index (κ2) is 10.1. The van der Waals surface area contributed by atoms with Gasteiger partial charge in [0.1, 0.15) is 0 Å². The van der Waals surface area contributed by atoms with Gasteiger partial charge in [-0.05, 0) is 60.7 Å². The van der Waals surface area contributed by atoms with Crippen LogP contribution in [0.2, 0.25) is 0 Å². The molecule has 0 aliphatic heterocycles. The fraction of sp³-hybridized carbons (Fsp3) is 0. The van der Waals surface area contributed by atoms with Crippen LogP contribution in [0.3, 0.4) is 0 Å². The Hall–Kier alpha value is -7.82. The first-order chi connectivity index (χ1) is 28.8. The Balaban J connectivity index is 1.15. The van der Waals surface area contributed by atoms with E-state index in [0.29, 0.717) is 0 Å². The molecule has 6 aromatic heterocycles. The SMILES string of the molecule is c1ccc(-n2c3ccccc3c3c2ccc2c4cccc5c6cc7c8cccc9c%10c%11c(ccc%10n(c7cc6n(c54)c23)c89)c2ccccc2n%11-c2ccccc2)cc1. The van der Waals surface area contributed by atoms with Crippen LogP contribution in [0.1, 0.15) is 0 Å². The predicted octanol–water partition coefficient (Wildman–Crippen LogP) is 14.2. The summed E-state index contributed by atoms with van der Waals surface area (Å²) in [5, 5.41) is 15.5. The monoisotopic (exact) mass is 734 g/mol. The lowest BCUT2D eigenvalue weighted by Crippen LogP contribution is -1.93. The molecule has 0 aliphatic rings. The van der Waals surface area contributed by atoms with Crippen LogP contribution in [0, 0.1) is 0 Å². The molecule has 0 saturated carbocycles. The molecule has 266 valence electrons. The highest BCUT2D eigenvalue weighted by atomic mass is 15.0. The molecule has 0 radical (unpaired) electrons. The molecule has 6 heterocycles. The molecule has 0 fully saturated rings. The minimum atomic E-state index is 1.17. The molecule has 0 spiro atoms. The van der Waals surface area contributed by atoms with Crippen LogP contribution in [-0.2, 0) is 0 Å². The molecule has 0 amide bonds. The fourth-order valence-electron chi connectivity index (χ4n) is 11.2. The van der Waals surface area contributed by atoms with Crippen molar-refractivity contribution in [1.29, 1.82) is 0 Å². The van der Waals surface area contributed by atoms with Gasteiger partial charge in [0.05, 0.1) is 55.2 Å². The standard InChI is InChI=1S/C54H30N4/c1-3-13-31(14-4-1)55-44-24-10-8-18-39(44)49-45(55)27-26-38-34-19-11-20-35-42-29-41-36-21-12-22-40-50-46(57(52(36)40)47(41)30-48(42)58(51(34)35)54(38)49)28-25-37-33-17-7-9-23-43(33)56(53(37)50)32-15-5-2-6-16-32/h1-30H. The van der Waals surface area contributed by atoms with Crippen LogP contribution in [0.25, 0.3) is 131 Å². The lowest BCUT2D eigenvalue weighted by atomic mass is 10.0. The van der Waals surface area contributed by atoms with Gasteiger partial charge in [-0.2, -0.15) is 0 Å². The van der Waals surface area contributed by atoms with E-state index in [1.54, 1.807) is 0 Å². The van der Waals surface area contributed by atoms with Crippen molar-refractivity contribution >= 4 is 120 Å². The number of rotatable bonds is 2. The average Bonchev–Trinajstić information content (AvgIpc) is 4.11. The molecule has 9 aromatic carbocycles. The van der Waals surface area contributed by atoms with E-state index in [2.05, 4.69) is 200 Å². The zero-order valence-electron chi connectivity index (χ0n) is 31.1. The summed E-state index contributed by atoms with van der Waals surface area (Å²) in [5.41, 5.74) is 14.9. The van der Waals surface area contributed by atoms with Crippen molar-refractivity contribution in [1.82, 2.24) is 17.9 Å². The highest BCUT2D eigenvalue weighted by Gasteiger charge is 2.26. The smallest absolute Gasteiger partial charge is 0.0641 e. The maximum absolute atomic E-state index is 2.59. The molecular formula is C54H30N4. The summed E-state index contributed by atoms with van der Waals surface area (Å²) >= 11 is 0. The quantitative estimate of drug-likeness (QED) is 0.168. The van der Waals surface area contributed by atoms with Crippen molar-refractivity contribution in [2.24, 2.45) is 0 Å². The van der Waals surface area contributed by atoms with Gasteiger partial charge in [0.2, 0.25) is 0 Å². The average molecular weight is 735 g/mol. The van der Waals surface area contributed by atoms with E-state index in [-0.39, 0.29) is 0 Å². The Morgan fingerprint density at radius 1 is 0.224 bits per heavy atom. The molecule has 0 unspecified atom stereocenters. The molecule has 0 N–H and O–H groups in total. The van der Waals surface area contributed by atoms with Crippen molar-refractivity contribution in [2.75, 3.05) is 0 Å². The molecule has 4 nitrogen and oxygen atoms in total. The predicted molar refractivity (Wildman–Crippen MR) is 244 cm³/mol. The Labute approximate surface area is 329 Å². The molecule has 4 heteroatoms. The maximum atomic E-state index is 2.59. The third-order valence-electron chi connectivity index (χ3n) is 13.4. The molecular weight excluding hydrogens is 705 g/mol. The minimum absolute atomic E-state index is 1.17. The summed E-state index contributed by atoms with van der Waals surface area (Å²) in [6, 6.07) is 67.6. The summed E-state index contributed by atoms with van der Waals surface area (Å²) in [7, 11) is 0. The number of hydrogen-bond acceptors (Lipinski definition) is 0. The molecule has 58 heavy (non-hydrogen) atoms. The highest BCUT2D eigenvalue weighted by molar-refractivity contribution is 6.34. The fourth-order valence-corrected chi connectivity index (χ4v) is 11.2. The van der Waals surface area contributed by atoms with Gasteiger partial charge in [-0.3, -0.25) is 0 Å². The van der Waals surface area contributed by atoms with Gasteiger partial charge in [0, 0.05) is 76.0 Å². The number of nitrogens with zero attached hydrogens (tertiary/aromatic N) is 4. The Morgan fingerprint density at radius 2 is 0.707 bits per heavy atom. The van der Waals surface area contributed by atoms with Crippen LogP contribution < -0.4 is 0 Å². The largest absolute Gasteiger partial charge is 0.309 e. The van der Waals surface area contributed by atoms with Crippen LogP contribution in [0.4, 0.5) is 0 Å². The van der Waals surface area contributed by atoms with E-state index in [9.17, 15) is 0 Å². The van der Waals surface area contributed by atoms with Gasteiger partial charge in [-0.25, -0.2) is 0 Å². The van der Waals surface area contributed by atoms with Crippen molar-refractivity contribution in [3.8, 4) is 11.4 Å². The first kappa shape index (κ1) is 29.5. The highest BCUT2D eigenvalue weighted by Crippen LogP contribution is 2.48. The number of hydrogen-bond donors (Lipinski definition) is 0. The summed E-state index contributed by atoms with van der Waals surface area (Å²) < 4.78 is 10.1. The lowest BCUT2D eigenvalue weighted by Gasteiger charge is -2.09. The van der Waals surface area contributed by atoms with Gasteiger partial charge in [0.15, 0.2) is 0 Å². The van der Waals surface area contributed by atoms with Gasteiger partial charge >= 0.3 is 0 Å². The summed E-state index contributed by atoms with van der Waals surface area (Å²) in [6.07, 6.45) is 0. The van der Waals surface area contributed by atoms with Crippen LogP contribution in [-0.4, -0.2) is 17.9 Å². The van der Waals surface area contributed by atoms with E-state index in [0.717, 1.165) is 0 Å². The van der Waals surface area contributed by atoms with E-state index in [4.69, 9.17) is 0 Å². The van der Waals surface area contributed by atoms with Crippen molar-refractivity contribution in [2.45, 2.75) is 0 Å². The normalized spacial score (nSPS) is 12.8. The number of aromatic nitrogens is 4. The van der Waals surface area contributed by atoms with E-state index < -0.39 is 0 Å². The Morgan fingerprint density at radius 3 is 1.43 bits per heavy atom. The minimum Gasteiger partial charge on any atom is -0.309 e. The molecule has 0 atom stereocenters. The van der Waals surface area contributed by atoms with Crippen LogP contribution >= 0.6 is 0 Å². The summed E-state index contributed by atoms with van der Waals surface area (Å²) in [6.45, 7) is 0. The third kappa shape index (κ3) is 3.30. The Bertz CT molecular complexity index is 4230. The number of fused-ring (bicyclic) bond motifs is 20. The lowest BCUT2D eigenvalue weighted by molar-refractivity contribution is 1.18. The Kier molecular flexibility index (Phi) is 5.14. The molecule has 0 saturated heterocycles. The van der Waals surface area contributed by atoms with E-state index in [1.807, 2.05) is 0 Å². The van der Waals surface area contributed by atoms with Crippen molar-refractivity contribution < 1.29 is 0 Å². The van der Waals surface area contributed by atoms with Crippen molar-refractivity contribution in [3.63, 3.8) is 0 Å². The van der Waals surface area contributed by atoms with Gasteiger partial charge in [-0.15, -0.1) is 0 Å². The summed E-state index contributed by atoms with van der Waals surface area (Å²) in [5.74, 6) is 0. The number of benzene rings is 9. The maximum Gasteiger partial charge on any atom is 0.0641 e. The second-order valence-electron chi connectivity index (χ2n) is 16.0.